The molecular formula is C25H26N4OS2. The molecule has 0 saturated heterocycles. The van der Waals surface area contributed by atoms with Crippen LogP contribution < -0.4 is 4.74 Å². The van der Waals surface area contributed by atoms with E-state index in [1.807, 2.05) is 37.3 Å². The van der Waals surface area contributed by atoms with E-state index in [9.17, 15) is 0 Å². The first kappa shape index (κ1) is 22.3. The summed E-state index contributed by atoms with van der Waals surface area (Å²) in [4.78, 5) is 4.80. The highest BCUT2D eigenvalue weighted by molar-refractivity contribution is 7.98. The summed E-state index contributed by atoms with van der Waals surface area (Å²) in [5, 5.41) is 12.8. The minimum absolute atomic E-state index is 0.230. The monoisotopic (exact) mass is 462 g/mol. The molecule has 4 rings (SSSR count). The third-order valence-corrected chi connectivity index (χ3v) is 6.89. The van der Waals surface area contributed by atoms with Crippen molar-refractivity contribution in [3.05, 3.63) is 89.2 Å². The first-order valence-corrected chi connectivity index (χ1v) is 12.3. The second-order valence-electron chi connectivity index (χ2n) is 7.61. The quantitative estimate of drug-likeness (QED) is 0.206. The van der Waals surface area contributed by atoms with Crippen LogP contribution in [-0.2, 0) is 12.3 Å². The van der Waals surface area contributed by atoms with Crippen LogP contribution in [0.5, 0.6) is 5.75 Å². The third-order valence-electron chi connectivity index (χ3n) is 4.95. The summed E-state index contributed by atoms with van der Waals surface area (Å²) in [6, 6.07) is 16.5. The van der Waals surface area contributed by atoms with Crippen molar-refractivity contribution < 1.29 is 4.74 Å². The van der Waals surface area contributed by atoms with E-state index in [-0.39, 0.29) is 6.10 Å². The number of ether oxygens (including phenoxy) is 1. The summed E-state index contributed by atoms with van der Waals surface area (Å²) in [6.07, 6.45) is 1.63. The molecule has 32 heavy (non-hydrogen) atoms. The number of aromatic nitrogens is 4. The van der Waals surface area contributed by atoms with Crippen molar-refractivity contribution in [3.63, 3.8) is 0 Å². The van der Waals surface area contributed by atoms with Crippen LogP contribution in [0.25, 0.3) is 10.6 Å². The van der Waals surface area contributed by atoms with Gasteiger partial charge in [-0.25, -0.2) is 4.98 Å². The molecule has 4 aromatic rings. The van der Waals surface area contributed by atoms with E-state index >= 15 is 0 Å². The summed E-state index contributed by atoms with van der Waals surface area (Å²) in [5.74, 6) is 2.33. The lowest BCUT2D eigenvalue weighted by atomic mass is 10.2. The molecule has 164 valence electrons. The maximum Gasteiger partial charge on any atom is 0.192 e. The molecule has 1 unspecified atom stereocenters. The van der Waals surface area contributed by atoms with Gasteiger partial charge in [0.05, 0.1) is 5.69 Å². The zero-order chi connectivity index (χ0) is 22.5. The lowest BCUT2D eigenvalue weighted by Gasteiger charge is -2.15. The fourth-order valence-corrected chi connectivity index (χ4v) is 5.00. The molecule has 0 aliphatic heterocycles. The van der Waals surface area contributed by atoms with Gasteiger partial charge in [-0.1, -0.05) is 65.4 Å². The summed E-state index contributed by atoms with van der Waals surface area (Å²) < 4.78 is 8.16. The van der Waals surface area contributed by atoms with Gasteiger partial charge in [-0.05, 0) is 32.9 Å². The van der Waals surface area contributed by atoms with E-state index in [1.165, 1.54) is 11.1 Å². The Morgan fingerprint density at radius 3 is 2.44 bits per heavy atom. The predicted octanol–water partition coefficient (Wildman–Crippen LogP) is 6.64. The summed E-state index contributed by atoms with van der Waals surface area (Å²) in [5.41, 5.74) is 4.63. The number of hydrogen-bond acceptors (Lipinski definition) is 6. The predicted molar refractivity (Wildman–Crippen MR) is 132 cm³/mol. The van der Waals surface area contributed by atoms with Crippen LogP contribution in [0.15, 0.2) is 71.7 Å². The van der Waals surface area contributed by atoms with Gasteiger partial charge >= 0.3 is 0 Å². The molecule has 0 aliphatic carbocycles. The van der Waals surface area contributed by atoms with Gasteiger partial charge in [0.15, 0.2) is 17.1 Å². The fourth-order valence-electron chi connectivity index (χ4n) is 3.22. The second kappa shape index (κ2) is 10.1. The molecule has 2 aromatic carbocycles. The molecule has 0 aliphatic rings. The van der Waals surface area contributed by atoms with E-state index < -0.39 is 0 Å². The summed E-state index contributed by atoms with van der Waals surface area (Å²) in [7, 11) is 0. The maximum atomic E-state index is 6.10. The van der Waals surface area contributed by atoms with Crippen LogP contribution in [0.3, 0.4) is 0 Å². The van der Waals surface area contributed by atoms with Crippen molar-refractivity contribution in [1.82, 2.24) is 19.7 Å². The molecule has 0 bridgehead atoms. The molecule has 5 nitrogen and oxygen atoms in total. The number of benzene rings is 2. The average Bonchev–Trinajstić information content (AvgIpc) is 3.42. The Morgan fingerprint density at radius 1 is 1.06 bits per heavy atom. The van der Waals surface area contributed by atoms with Gasteiger partial charge in [0.1, 0.15) is 10.8 Å². The van der Waals surface area contributed by atoms with E-state index in [4.69, 9.17) is 9.72 Å². The van der Waals surface area contributed by atoms with Crippen molar-refractivity contribution in [3.8, 4) is 16.3 Å². The first-order valence-electron chi connectivity index (χ1n) is 10.4. The normalized spacial score (nSPS) is 12.0. The number of aryl methyl sites for hydroxylation is 2. The number of nitrogens with zero attached hydrogens (tertiary/aromatic N) is 4. The van der Waals surface area contributed by atoms with Crippen molar-refractivity contribution in [2.75, 3.05) is 0 Å². The molecule has 1 atom stereocenters. The highest BCUT2D eigenvalue weighted by atomic mass is 32.2. The SMILES string of the molecule is C=CCn1c(SCc2csc(-c3ccc(C)cc3)n2)nnc1C(C)Oc1ccc(C)cc1. The lowest BCUT2D eigenvalue weighted by molar-refractivity contribution is 0.210. The second-order valence-corrected chi connectivity index (χ2v) is 9.41. The topological polar surface area (TPSA) is 52.8 Å². The van der Waals surface area contributed by atoms with Gasteiger partial charge in [0.2, 0.25) is 0 Å². The van der Waals surface area contributed by atoms with Gasteiger partial charge in [-0.3, -0.25) is 4.57 Å². The highest BCUT2D eigenvalue weighted by Crippen LogP contribution is 2.29. The van der Waals surface area contributed by atoms with Crippen LogP contribution in [0.4, 0.5) is 0 Å². The number of thiazole rings is 1. The van der Waals surface area contributed by atoms with Gasteiger partial charge < -0.3 is 4.74 Å². The summed E-state index contributed by atoms with van der Waals surface area (Å²) >= 11 is 3.29. The Kier molecular flexibility index (Phi) is 7.07. The molecule has 0 amide bonds. The number of rotatable bonds is 9. The Hall–Kier alpha value is -2.90. The van der Waals surface area contributed by atoms with Crippen molar-refractivity contribution >= 4 is 23.1 Å². The van der Waals surface area contributed by atoms with Gasteiger partial charge in [0, 0.05) is 23.2 Å². The Balaban J connectivity index is 1.46. The zero-order valence-electron chi connectivity index (χ0n) is 18.5. The Morgan fingerprint density at radius 2 is 1.75 bits per heavy atom. The maximum absolute atomic E-state index is 6.10. The van der Waals surface area contributed by atoms with E-state index in [1.54, 1.807) is 23.1 Å². The van der Waals surface area contributed by atoms with Gasteiger partial charge in [-0.15, -0.1) is 28.1 Å². The lowest BCUT2D eigenvalue weighted by Crippen LogP contribution is -2.12. The Labute approximate surface area is 197 Å². The van der Waals surface area contributed by atoms with Gasteiger partial charge in [0.25, 0.3) is 0 Å². The molecule has 7 heteroatoms. The molecule has 0 saturated carbocycles. The highest BCUT2D eigenvalue weighted by Gasteiger charge is 2.19. The van der Waals surface area contributed by atoms with Gasteiger partial charge in [-0.2, -0.15) is 0 Å². The molecule has 0 N–H and O–H groups in total. The van der Waals surface area contributed by atoms with E-state index in [2.05, 4.69) is 64.8 Å². The van der Waals surface area contributed by atoms with E-state index in [0.29, 0.717) is 6.54 Å². The zero-order valence-corrected chi connectivity index (χ0v) is 20.1. The van der Waals surface area contributed by atoms with Crippen LogP contribution in [-0.4, -0.2) is 19.7 Å². The molecule has 2 heterocycles. The smallest absolute Gasteiger partial charge is 0.192 e. The molecule has 0 fully saturated rings. The average molecular weight is 463 g/mol. The number of hydrogen-bond donors (Lipinski definition) is 0. The van der Waals surface area contributed by atoms with Crippen molar-refractivity contribution in [2.24, 2.45) is 0 Å². The van der Waals surface area contributed by atoms with Crippen molar-refractivity contribution in [1.29, 1.82) is 0 Å². The standard InChI is InChI=1S/C25H26N4OS2/c1-5-14-29-23(19(4)30-22-12-8-18(3)9-13-22)27-28-25(29)32-16-21-15-31-24(26-21)20-10-6-17(2)7-11-20/h5-13,15,19H,1,14,16H2,2-4H3. The number of thioether (sulfide) groups is 1. The largest absolute Gasteiger partial charge is 0.483 e. The van der Waals surface area contributed by atoms with Crippen LogP contribution in [0.1, 0.15) is 35.7 Å². The van der Waals surface area contributed by atoms with Crippen LogP contribution in [0.2, 0.25) is 0 Å². The minimum atomic E-state index is -0.230. The third kappa shape index (κ3) is 5.29. The fraction of sp³-hybridized carbons (Fsp3) is 0.240. The Bertz CT molecular complexity index is 1180. The first-order chi connectivity index (χ1) is 15.5. The van der Waals surface area contributed by atoms with Crippen LogP contribution >= 0.6 is 23.1 Å². The molecular weight excluding hydrogens is 436 g/mol. The molecule has 0 radical (unpaired) electrons. The van der Waals surface area contributed by atoms with E-state index in [0.717, 1.165) is 38.7 Å². The van der Waals surface area contributed by atoms with Crippen LogP contribution in [0, 0.1) is 13.8 Å². The minimum Gasteiger partial charge on any atom is -0.483 e. The number of allylic oxidation sites excluding steroid dienone is 1. The molecule has 2 aromatic heterocycles. The molecule has 0 spiro atoms. The van der Waals surface area contributed by atoms with Crippen molar-refractivity contribution in [2.45, 2.75) is 44.3 Å². The summed E-state index contributed by atoms with van der Waals surface area (Å²) in [6.45, 7) is 10.7.